The standard InChI is InChI=1S/C21H25NO7/c1-5-27-21(25)19-13(2)20(22-14(19)3)17(23)12-29-18(24)10-11-28-16-8-6-15(26-4)7-9-16/h6-9,22H,5,10-12H2,1-4H3. The molecule has 2 rings (SSSR count). The van der Waals surface area contributed by atoms with Crippen molar-refractivity contribution in [2.24, 2.45) is 0 Å². The summed E-state index contributed by atoms with van der Waals surface area (Å²) in [4.78, 5) is 39.1. The average molecular weight is 403 g/mol. The maximum atomic E-state index is 12.4. The number of hydrogen-bond donors (Lipinski definition) is 1. The van der Waals surface area contributed by atoms with E-state index in [2.05, 4.69) is 4.98 Å². The average Bonchev–Trinajstić information content (AvgIpc) is 3.01. The van der Waals surface area contributed by atoms with E-state index < -0.39 is 24.3 Å². The van der Waals surface area contributed by atoms with Gasteiger partial charge in [0.05, 0.1) is 38.0 Å². The Morgan fingerprint density at radius 2 is 1.66 bits per heavy atom. The number of nitrogens with one attached hydrogen (secondary N) is 1. The van der Waals surface area contributed by atoms with Crippen molar-refractivity contribution in [1.82, 2.24) is 4.98 Å². The molecule has 156 valence electrons. The molecule has 1 aromatic heterocycles. The van der Waals surface area contributed by atoms with Gasteiger partial charge in [-0.25, -0.2) is 4.79 Å². The molecule has 0 fully saturated rings. The molecule has 29 heavy (non-hydrogen) atoms. The number of methoxy groups -OCH3 is 1. The zero-order valence-corrected chi connectivity index (χ0v) is 17.0. The highest BCUT2D eigenvalue weighted by Gasteiger charge is 2.23. The summed E-state index contributed by atoms with van der Waals surface area (Å²) >= 11 is 0. The molecule has 0 saturated heterocycles. The van der Waals surface area contributed by atoms with Crippen LogP contribution in [0.2, 0.25) is 0 Å². The lowest BCUT2D eigenvalue weighted by molar-refractivity contribution is -0.143. The van der Waals surface area contributed by atoms with Crippen LogP contribution in [0.3, 0.4) is 0 Å². The van der Waals surface area contributed by atoms with Gasteiger partial charge in [-0.05, 0) is 50.6 Å². The van der Waals surface area contributed by atoms with Crippen molar-refractivity contribution in [1.29, 1.82) is 0 Å². The lowest BCUT2D eigenvalue weighted by Crippen LogP contribution is -2.17. The summed E-state index contributed by atoms with van der Waals surface area (Å²) in [6.07, 6.45) is -0.00385. The number of rotatable bonds is 10. The van der Waals surface area contributed by atoms with Crippen molar-refractivity contribution in [3.8, 4) is 11.5 Å². The van der Waals surface area contributed by atoms with E-state index in [0.29, 0.717) is 28.3 Å². The lowest BCUT2D eigenvalue weighted by Gasteiger charge is -2.07. The van der Waals surface area contributed by atoms with E-state index in [1.54, 1.807) is 52.1 Å². The first kappa shape index (κ1) is 22.0. The molecule has 0 radical (unpaired) electrons. The largest absolute Gasteiger partial charge is 0.497 e. The van der Waals surface area contributed by atoms with Crippen molar-refractivity contribution in [3.63, 3.8) is 0 Å². The fourth-order valence-electron chi connectivity index (χ4n) is 2.75. The fraction of sp³-hybridized carbons (Fsp3) is 0.381. The third kappa shape index (κ3) is 5.84. The summed E-state index contributed by atoms with van der Waals surface area (Å²) in [7, 11) is 1.57. The van der Waals surface area contributed by atoms with E-state index in [1.165, 1.54) is 0 Å². The molecule has 0 saturated carbocycles. The number of benzene rings is 1. The van der Waals surface area contributed by atoms with E-state index in [-0.39, 0.29) is 25.3 Å². The van der Waals surface area contributed by atoms with E-state index in [0.717, 1.165) is 0 Å². The van der Waals surface area contributed by atoms with Gasteiger partial charge < -0.3 is 23.9 Å². The van der Waals surface area contributed by atoms with Crippen LogP contribution in [-0.2, 0) is 14.3 Å². The molecular formula is C21H25NO7. The highest BCUT2D eigenvalue weighted by molar-refractivity contribution is 6.02. The lowest BCUT2D eigenvalue weighted by atomic mass is 10.1. The predicted molar refractivity (Wildman–Crippen MR) is 105 cm³/mol. The Kier molecular flexibility index (Phi) is 7.82. The van der Waals surface area contributed by atoms with Crippen LogP contribution in [0.5, 0.6) is 11.5 Å². The summed E-state index contributed by atoms with van der Waals surface area (Å²) in [6.45, 7) is 4.96. The second-order valence-corrected chi connectivity index (χ2v) is 6.20. The topological polar surface area (TPSA) is 104 Å². The predicted octanol–water partition coefficient (Wildman–Crippen LogP) is 3.01. The molecule has 0 aliphatic carbocycles. The first-order valence-corrected chi connectivity index (χ1v) is 9.19. The number of ether oxygens (including phenoxy) is 4. The number of H-pyrrole nitrogens is 1. The van der Waals surface area contributed by atoms with Crippen LogP contribution in [0.15, 0.2) is 24.3 Å². The second-order valence-electron chi connectivity index (χ2n) is 6.20. The maximum Gasteiger partial charge on any atom is 0.340 e. The number of Topliss-reactive ketones (excluding diaryl/α,β-unsaturated/α-hetero) is 1. The molecule has 8 heteroatoms. The van der Waals surface area contributed by atoms with Crippen LogP contribution in [0.1, 0.15) is 45.4 Å². The summed E-state index contributed by atoms with van der Waals surface area (Å²) in [5, 5.41) is 0. The molecule has 1 aromatic carbocycles. The van der Waals surface area contributed by atoms with Crippen LogP contribution < -0.4 is 9.47 Å². The van der Waals surface area contributed by atoms with Gasteiger partial charge in [0.2, 0.25) is 5.78 Å². The second kappa shape index (κ2) is 10.3. The molecule has 0 amide bonds. The van der Waals surface area contributed by atoms with Gasteiger partial charge in [0.25, 0.3) is 0 Å². The van der Waals surface area contributed by atoms with Crippen LogP contribution in [0.25, 0.3) is 0 Å². The molecule has 0 atom stereocenters. The number of aryl methyl sites for hydroxylation is 1. The number of aromatic nitrogens is 1. The Bertz CT molecular complexity index is 868. The molecule has 0 spiro atoms. The third-order valence-corrected chi connectivity index (χ3v) is 4.19. The van der Waals surface area contributed by atoms with Gasteiger partial charge in [-0.2, -0.15) is 0 Å². The molecule has 1 heterocycles. The van der Waals surface area contributed by atoms with E-state index in [1.807, 2.05) is 0 Å². The van der Waals surface area contributed by atoms with Crippen molar-refractivity contribution < 1.29 is 33.3 Å². The summed E-state index contributed by atoms with van der Waals surface area (Å²) in [6, 6.07) is 6.95. The highest BCUT2D eigenvalue weighted by Crippen LogP contribution is 2.20. The number of carbonyl (C=O) groups excluding carboxylic acids is 3. The molecule has 0 aliphatic heterocycles. The van der Waals surface area contributed by atoms with Crippen molar-refractivity contribution in [2.75, 3.05) is 26.9 Å². The van der Waals surface area contributed by atoms with Crippen molar-refractivity contribution >= 4 is 17.7 Å². The smallest absolute Gasteiger partial charge is 0.340 e. The van der Waals surface area contributed by atoms with Gasteiger partial charge in [0.1, 0.15) is 11.5 Å². The van der Waals surface area contributed by atoms with E-state index in [9.17, 15) is 14.4 Å². The van der Waals surface area contributed by atoms with Crippen LogP contribution >= 0.6 is 0 Å². The van der Waals surface area contributed by atoms with Gasteiger partial charge in [-0.1, -0.05) is 0 Å². The number of aromatic amines is 1. The molecule has 0 unspecified atom stereocenters. The Morgan fingerprint density at radius 3 is 2.28 bits per heavy atom. The first-order valence-electron chi connectivity index (χ1n) is 9.19. The van der Waals surface area contributed by atoms with Crippen molar-refractivity contribution in [3.05, 3.63) is 46.8 Å². The zero-order valence-electron chi connectivity index (χ0n) is 17.0. The maximum absolute atomic E-state index is 12.4. The molecule has 8 nitrogen and oxygen atoms in total. The minimum atomic E-state index is -0.557. The number of esters is 2. The molecular weight excluding hydrogens is 378 g/mol. The minimum Gasteiger partial charge on any atom is -0.497 e. The third-order valence-electron chi connectivity index (χ3n) is 4.19. The Labute approximate surface area is 169 Å². The quantitative estimate of drug-likeness (QED) is 0.480. The molecule has 2 aromatic rings. The van der Waals surface area contributed by atoms with Crippen LogP contribution in [-0.4, -0.2) is 49.6 Å². The number of hydrogen-bond acceptors (Lipinski definition) is 7. The Hall–Kier alpha value is -3.29. The summed E-state index contributed by atoms with van der Waals surface area (Å²) in [5.74, 6) is -0.177. The molecule has 0 aliphatic rings. The Morgan fingerprint density at radius 1 is 1.00 bits per heavy atom. The van der Waals surface area contributed by atoms with Crippen LogP contribution in [0.4, 0.5) is 0 Å². The van der Waals surface area contributed by atoms with E-state index >= 15 is 0 Å². The van der Waals surface area contributed by atoms with Gasteiger partial charge in [-0.15, -0.1) is 0 Å². The van der Waals surface area contributed by atoms with Gasteiger partial charge in [0, 0.05) is 5.69 Å². The minimum absolute atomic E-state index is 0.00385. The van der Waals surface area contributed by atoms with E-state index in [4.69, 9.17) is 18.9 Å². The monoisotopic (exact) mass is 403 g/mol. The normalized spacial score (nSPS) is 10.3. The SMILES string of the molecule is CCOC(=O)c1c(C)[nH]c(C(=O)COC(=O)CCOc2ccc(OC)cc2)c1C. The Balaban J connectivity index is 1.83. The zero-order chi connectivity index (χ0) is 21.4. The van der Waals surface area contributed by atoms with Gasteiger partial charge >= 0.3 is 11.9 Å². The molecule has 0 bridgehead atoms. The number of carbonyl (C=O) groups is 3. The first-order chi connectivity index (χ1) is 13.9. The number of ketones is 1. The summed E-state index contributed by atoms with van der Waals surface area (Å²) in [5.41, 5.74) is 1.57. The van der Waals surface area contributed by atoms with Crippen molar-refractivity contribution in [2.45, 2.75) is 27.2 Å². The van der Waals surface area contributed by atoms with Gasteiger partial charge in [0.15, 0.2) is 6.61 Å². The fourth-order valence-corrected chi connectivity index (χ4v) is 2.75. The van der Waals surface area contributed by atoms with Gasteiger partial charge in [-0.3, -0.25) is 9.59 Å². The highest BCUT2D eigenvalue weighted by atomic mass is 16.5. The molecule has 1 N–H and O–H groups in total. The van der Waals surface area contributed by atoms with Crippen LogP contribution in [0, 0.1) is 13.8 Å². The summed E-state index contributed by atoms with van der Waals surface area (Å²) < 4.78 is 20.5.